The van der Waals surface area contributed by atoms with Gasteiger partial charge in [-0.1, -0.05) is 17.7 Å². The molecule has 0 N–H and O–H groups in total. The van der Waals surface area contributed by atoms with Gasteiger partial charge in [0.1, 0.15) is 17.7 Å². The van der Waals surface area contributed by atoms with Crippen LogP contribution in [0.3, 0.4) is 0 Å². The zero-order chi connectivity index (χ0) is 18.8. The summed E-state index contributed by atoms with van der Waals surface area (Å²) in [5.74, 6) is 1.87. The number of aryl methyl sites for hydroxylation is 3. The van der Waals surface area contributed by atoms with E-state index in [1.807, 2.05) is 45.0 Å². The van der Waals surface area contributed by atoms with Crippen LogP contribution in [0.2, 0.25) is 5.02 Å². The van der Waals surface area contributed by atoms with Crippen LogP contribution in [0.25, 0.3) is 0 Å². The molecule has 1 saturated heterocycles. The molecule has 0 unspecified atom stereocenters. The molecule has 1 aromatic heterocycles. The molecule has 2 aromatic rings. The minimum Gasteiger partial charge on any atom is -0.490 e. The molecule has 138 valence electrons. The number of pyridine rings is 1. The maximum atomic E-state index is 11.7. The van der Waals surface area contributed by atoms with Crippen LogP contribution in [0.1, 0.15) is 46.9 Å². The van der Waals surface area contributed by atoms with Crippen LogP contribution in [0.4, 0.5) is 5.82 Å². The van der Waals surface area contributed by atoms with Crippen molar-refractivity contribution in [3.63, 3.8) is 0 Å². The molecular weight excluding hydrogens is 348 g/mol. The lowest BCUT2D eigenvalue weighted by atomic mass is 10.0. The number of anilines is 1. The van der Waals surface area contributed by atoms with E-state index in [1.54, 1.807) is 6.92 Å². The number of aromatic nitrogens is 1. The Bertz CT molecular complexity index is 827. The number of ether oxygens (including phenoxy) is 1. The van der Waals surface area contributed by atoms with Crippen molar-refractivity contribution < 1.29 is 9.53 Å². The summed E-state index contributed by atoms with van der Waals surface area (Å²) < 4.78 is 6.10. The number of halogens is 1. The molecule has 5 heteroatoms. The summed E-state index contributed by atoms with van der Waals surface area (Å²) in [6, 6.07) is 7.80. The molecule has 0 saturated carbocycles. The van der Waals surface area contributed by atoms with Crippen molar-refractivity contribution in [1.82, 2.24) is 4.98 Å². The largest absolute Gasteiger partial charge is 0.490 e. The van der Waals surface area contributed by atoms with E-state index in [0.29, 0.717) is 5.56 Å². The van der Waals surface area contributed by atoms with Gasteiger partial charge in [-0.15, -0.1) is 0 Å². The smallest absolute Gasteiger partial charge is 0.161 e. The molecule has 1 aliphatic heterocycles. The van der Waals surface area contributed by atoms with Crippen LogP contribution in [-0.2, 0) is 0 Å². The normalized spacial score (nSPS) is 15.2. The molecule has 0 spiro atoms. The number of carbonyl (C=O) groups excluding carboxylic acids is 1. The van der Waals surface area contributed by atoms with Gasteiger partial charge in [-0.2, -0.15) is 0 Å². The summed E-state index contributed by atoms with van der Waals surface area (Å²) >= 11 is 6.18. The second-order valence-electron chi connectivity index (χ2n) is 7.03. The van der Waals surface area contributed by atoms with Gasteiger partial charge in [0.2, 0.25) is 0 Å². The molecule has 0 radical (unpaired) electrons. The molecule has 4 nitrogen and oxygen atoms in total. The first-order chi connectivity index (χ1) is 12.3. The van der Waals surface area contributed by atoms with Gasteiger partial charge in [-0.05, 0) is 57.0 Å². The Kier molecular flexibility index (Phi) is 5.52. The third-order valence-electron chi connectivity index (χ3n) is 4.94. The number of nitrogens with zero attached hydrogens (tertiary/aromatic N) is 2. The number of benzene rings is 1. The predicted octanol–water partition coefficient (Wildman–Crippen LogP) is 4.91. The Morgan fingerprint density at radius 1 is 1.15 bits per heavy atom. The second-order valence-corrected chi connectivity index (χ2v) is 7.44. The molecule has 1 aliphatic rings. The van der Waals surface area contributed by atoms with Gasteiger partial charge in [0.25, 0.3) is 0 Å². The van der Waals surface area contributed by atoms with Crippen molar-refractivity contribution in [2.75, 3.05) is 18.0 Å². The van der Waals surface area contributed by atoms with Crippen LogP contribution < -0.4 is 9.64 Å². The molecule has 0 bridgehead atoms. The molecule has 3 rings (SSSR count). The fourth-order valence-corrected chi connectivity index (χ4v) is 3.56. The number of piperidine rings is 1. The molecule has 1 fully saturated rings. The van der Waals surface area contributed by atoms with E-state index in [1.165, 1.54) is 0 Å². The van der Waals surface area contributed by atoms with Crippen molar-refractivity contribution in [2.24, 2.45) is 0 Å². The van der Waals surface area contributed by atoms with E-state index in [2.05, 4.69) is 4.90 Å². The summed E-state index contributed by atoms with van der Waals surface area (Å²) in [7, 11) is 0. The zero-order valence-corrected chi connectivity index (χ0v) is 16.6. The van der Waals surface area contributed by atoms with Crippen LogP contribution in [0, 0.1) is 20.8 Å². The first-order valence-corrected chi connectivity index (χ1v) is 9.40. The topological polar surface area (TPSA) is 42.4 Å². The molecule has 26 heavy (non-hydrogen) atoms. The second kappa shape index (κ2) is 7.67. The average molecular weight is 373 g/mol. The van der Waals surface area contributed by atoms with Gasteiger partial charge < -0.3 is 9.64 Å². The Balaban J connectivity index is 1.66. The quantitative estimate of drug-likeness (QED) is 0.715. The van der Waals surface area contributed by atoms with Gasteiger partial charge >= 0.3 is 0 Å². The lowest BCUT2D eigenvalue weighted by Gasteiger charge is -2.34. The van der Waals surface area contributed by atoms with Crippen molar-refractivity contribution in [2.45, 2.75) is 46.6 Å². The minimum atomic E-state index is 0.0634. The van der Waals surface area contributed by atoms with Crippen molar-refractivity contribution in [3.8, 4) is 5.75 Å². The van der Waals surface area contributed by atoms with Crippen molar-refractivity contribution >= 4 is 23.2 Å². The maximum absolute atomic E-state index is 11.7. The average Bonchev–Trinajstić information content (AvgIpc) is 2.60. The predicted molar refractivity (Wildman–Crippen MR) is 106 cm³/mol. The molecule has 0 aliphatic carbocycles. The molecule has 2 heterocycles. The zero-order valence-electron chi connectivity index (χ0n) is 15.8. The van der Waals surface area contributed by atoms with Gasteiger partial charge in [0, 0.05) is 36.5 Å². The van der Waals surface area contributed by atoms with Crippen LogP contribution in [-0.4, -0.2) is 30.0 Å². The van der Waals surface area contributed by atoms with Crippen LogP contribution >= 0.6 is 11.6 Å². The Hall–Kier alpha value is -2.07. The lowest BCUT2D eigenvalue weighted by molar-refractivity contribution is 0.101. The summed E-state index contributed by atoms with van der Waals surface area (Å²) in [6.07, 6.45) is 2.04. The van der Waals surface area contributed by atoms with Gasteiger partial charge in [-0.3, -0.25) is 4.79 Å². The van der Waals surface area contributed by atoms with Gasteiger partial charge in [0.05, 0.1) is 5.69 Å². The highest BCUT2D eigenvalue weighted by atomic mass is 35.5. The number of hydrogen-bond donors (Lipinski definition) is 0. The number of Topliss-reactive ketones (excluding diaryl/α,β-unsaturated/α-hetero) is 1. The van der Waals surface area contributed by atoms with Crippen molar-refractivity contribution in [3.05, 3.63) is 51.7 Å². The fraction of sp³-hybridized carbons (Fsp3) is 0.429. The highest BCUT2D eigenvalue weighted by molar-refractivity contribution is 6.31. The Morgan fingerprint density at radius 2 is 1.85 bits per heavy atom. The molecule has 0 atom stereocenters. The third-order valence-corrected chi connectivity index (χ3v) is 5.35. The van der Waals surface area contributed by atoms with E-state index >= 15 is 0 Å². The summed E-state index contributed by atoms with van der Waals surface area (Å²) in [5, 5.41) is 0.737. The Morgan fingerprint density at radius 3 is 2.46 bits per heavy atom. The van der Waals surface area contributed by atoms with Gasteiger partial charge in [-0.25, -0.2) is 4.98 Å². The lowest BCUT2D eigenvalue weighted by Crippen LogP contribution is -2.39. The Labute approximate surface area is 160 Å². The highest BCUT2D eigenvalue weighted by Crippen LogP contribution is 2.27. The van der Waals surface area contributed by atoms with E-state index in [-0.39, 0.29) is 11.9 Å². The minimum absolute atomic E-state index is 0.0634. The highest BCUT2D eigenvalue weighted by Gasteiger charge is 2.23. The molecular formula is C21H25ClN2O2. The van der Waals surface area contributed by atoms with Gasteiger partial charge in [0.15, 0.2) is 5.78 Å². The monoisotopic (exact) mass is 372 g/mol. The maximum Gasteiger partial charge on any atom is 0.161 e. The first kappa shape index (κ1) is 18.7. The number of ketones is 1. The number of rotatable bonds is 4. The third kappa shape index (κ3) is 4.01. The summed E-state index contributed by atoms with van der Waals surface area (Å²) in [6.45, 7) is 9.26. The molecule has 0 amide bonds. The van der Waals surface area contributed by atoms with Crippen molar-refractivity contribution in [1.29, 1.82) is 0 Å². The number of carbonyl (C=O) groups is 1. The van der Waals surface area contributed by atoms with E-state index in [9.17, 15) is 4.79 Å². The first-order valence-electron chi connectivity index (χ1n) is 9.02. The van der Waals surface area contributed by atoms with E-state index in [0.717, 1.165) is 59.3 Å². The van der Waals surface area contributed by atoms with Crippen LogP contribution in [0.5, 0.6) is 5.75 Å². The SMILES string of the molecule is CC(=O)c1cc(C)c(N2CCC(Oc3ccc(C)c(Cl)c3)CC2)nc1C. The van der Waals surface area contributed by atoms with Crippen LogP contribution in [0.15, 0.2) is 24.3 Å². The standard InChI is InChI=1S/C21H25ClN2O2/c1-13-5-6-18(12-20(13)22)26-17-7-9-24(10-8-17)21-14(2)11-19(16(4)25)15(3)23-21/h5-6,11-12,17H,7-10H2,1-4H3. The van der Waals surface area contributed by atoms with E-state index in [4.69, 9.17) is 21.3 Å². The summed E-state index contributed by atoms with van der Waals surface area (Å²) in [4.78, 5) is 18.7. The van der Waals surface area contributed by atoms with E-state index < -0.39 is 0 Å². The number of hydrogen-bond acceptors (Lipinski definition) is 4. The summed E-state index contributed by atoms with van der Waals surface area (Å²) in [5.41, 5.74) is 3.61. The molecule has 1 aromatic carbocycles. The fourth-order valence-electron chi connectivity index (χ4n) is 3.39.